The van der Waals surface area contributed by atoms with Crippen LogP contribution in [0.1, 0.15) is 61.3 Å². The zero-order chi connectivity index (χ0) is 43.6. The maximum absolute atomic E-state index is 3.57. The number of nitrogens with one attached hydrogen (secondary N) is 1. The van der Waals surface area contributed by atoms with E-state index in [1.165, 1.54) is 88.7 Å². The highest BCUT2D eigenvalue weighted by atomic mass is 15.1. The number of nitrogens with zero attached hydrogens (tertiary/aromatic N) is 2. The fourth-order valence-electron chi connectivity index (χ4n) is 9.98. The molecule has 0 amide bonds. The van der Waals surface area contributed by atoms with Gasteiger partial charge in [-0.3, -0.25) is 0 Å². The second kappa shape index (κ2) is 17.5. The molecule has 8 aromatic rings. The maximum atomic E-state index is 3.57. The molecule has 7 aromatic carbocycles. The lowest BCUT2D eigenvalue weighted by atomic mass is 9.76. The highest BCUT2D eigenvalue weighted by Gasteiger charge is 2.27. The standard InChI is InChI=1S/C62H53N3/c1-62(38-36-55(37-39-62)64(56-33-28-47-16-8-10-19-50(47)42-56)57-34-29-48-17-9-11-20-51(48)43-57)52-30-26-45(27-31-52)41-49-18-5-2-4-15-46(49)21-14-40-63-53-32-35-61-59(44-53)58-24-12-13-25-60(58)65(61)54-22-6-3-7-23-54/h3,5-8,10-14,16,18-38,40-44,63H,2,4,9,15,17,39H2,1H3/b40-14+,46-21-,49-41-. The predicted octanol–water partition coefficient (Wildman–Crippen LogP) is 16.5. The van der Waals surface area contributed by atoms with Crippen molar-refractivity contribution in [3.05, 3.63) is 252 Å². The highest BCUT2D eigenvalue weighted by molar-refractivity contribution is 6.10. The molecule has 0 saturated heterocycles. The van der Waals surface area contributed by atoms with Crippen molar-refractivity contribution in [2.24, 2.45) is 0 Å². The van der Waals surface area contributed by atoms with E-state index < -0.39 is 0 Å². The van der Waals surface area contributed by atoms with E-state index in [1.807, 2.05) is 0 Å². The zero-order valence-electron chi connectivity index (χ0n) is 37.0. The fraction of sp³-hybridized carbons (Fsp3) is 0.129. The van der Waals surface area contributed by atoms with E-state index in [4.69, 9.17) is 0 Å². The van der Waals surface area contributed by atoms with Gasteiger partial charge in [-0.25, -0.2) is 0 Å². The Hall–Kier alpha value is -7.62. The van der Waals surface area contributed by atoms with E-state index in [0.717, 1.165) is 44.2 Å². The first kappa shape index (κ1) is 40.2. The lowest BCUT2D eigenvalue weighted by Gasteiger charge is -2.34. The summed E-state index contributed by atoms with van der Waals surface area (Å²) >= 11 is 0. The summed E-state index contributed by atoms with van der Waals surface area (Å²) in [4.78, 5) is 2.43. The van der Waals surface area contributed by atoms with Crippen molar-refractivity contribution in [1.29, 1.82) is 0 Å². The molecular formula is C62H53N3. The van der Waals surface area contributed by atoms with Crippen molar-refractivity contribution < 1.29 is 0 Å². The molecule has 1 heterocycles. The molecule has 0 fully saturated rings. The van der Waals surface area contributed by atoms with E-state index in [-0.39, 0.29) is 5.41 Å². The lowest BCUT2D eigenvalue weighted by molar-refractivity contribution is 0.595. The van der Waals surface area contributed by atoms with Crippen LogP contribution in [0.2, 0.25) is 0 Å². The van der Waals surface area contributed by atoms with Gasteiger partial charge in [0.15, 0.2) is 0 Å². The Labute approximate surface area is 383 Å². The minimum absolute atomic E-state index is 0.114. The van der Waals surface area contributed by atoms with Gasteiger partial charge >= 0.3 is 0 Å². The molecule has 3 nitrogen and oxygen atoms in total. The molecule has 1 atom stereocenters. The molecule has 0 spiro atoms. The van der Waals surface area contributed by atoms with Crippen molar-refractivity contribution in [2.75, 3.05) is 10.2 Å². The van der Waals surface area contributed by atoms with Crippen molar-refractivity contribution in [1.82, 2.24) is 4.57 Å². The number of aryl methyl sites for hydroxylation is 1. The minimum Gasteiger partial charge on any atom is -0.362 e. The summed E-state index contributed by atoms with van der Waals surface area (Å²) in [7, 11) is 0. The van der Waals surface area contributed by atoms with Crippen LogP contribution >= 0.6 is 0 Å². The Morgan fingerprint density at radius 2 is 1.43 bits per heavy atom. The van der Waals surface area contributed by atoms with E-state index in [0.29, 0.717) is 0 Å². The van der Waals surface area contributed by atoms with E-state index in [1.54, 1.807) is 0 Å². The average Bonchev–Trinajstić information content (AvgIpc) is 3.52. The molecule has 1 aromatic heterocycles. The normalized spacial score (nSPS) is 18.4. The molecule has 3 aliphatic rings. The molecule has 0 bridgehead atoms. The number of hydrogen-bond acceptors (Lipinski definition) is 2. The first-order chi connectivity index (χ1) is 32.1. The Kier molecular flexibility index (Phi) is 10.8. The highest BCUT2D eigenvalue weighted by Crippen LogP contribution is 2.41. The molecule has 1 unspecified atom stereocenters. The SMILES string of the molecule is CC1(c2ccc(/C=C3/C=CCCC/C3=C/C=C/Nc3ccc4c(c3)c3ccccc3n4-c3ccccc3)cc2)C=CC(N(c2ccc3c(c2)C=CCC3)c2ccc3ccccc3c2)=CC1. The van der Waals surface area contributed by atoms with Crippen LogP contribution in [0.5, 0.6) is 0 Å². The first-order valence-electron chi connectivity index (χ1n) is 23.2. The Balaban J connectivity index is 0.813. The molecule has 0 radical (unpaired) electrons. The molecule has 11 rings (SSSR count). The average molecular weight is 840 g/mol. The van der Waals surface area contributed by atoms with Gasteiger partial charge in [-0.15, -0.1) is 0 Å². The number of hydrogen-bond donors (Lipinski definition) is 1. The monoisotopic (exact) mass is 839 g/mol. The number of anilines is 3. The third kappa shape index (κ3) is 8.11. The van der Waals surface area contributed by atoms with Gasteiger partial charge in [0.2, 0.25) is 0 Å². The number of allylic oxidation sites excluding steroid dienone is 10. The molecule has 3 aliphatic carbocycles. The van der Waals surface area contributed by atoms with Crippen LogP contribution in [-0.4, -0.2) is 4.57 Å². The third-order valence-corrected chi connectivity index (χ3v) is 13.6. The molecule has 3 heteroatoms. The summed E-state index contributed by atoms with van der Waals surface area (Å²) in [6, 6.07) is 57.7. The zero-order valence-corrected chi connectivity index (χ0v) is 37.0. The van der Waals surface area contributed by atoms with Crippen LogP contribution in [0.15, 0.2) is 229 Å². The summed E-state index contributed by atoms with van der Waals surface area (Å²) in [5.74, 6) is 0. The molecule has 65 heavy (non-hydrogen) atoms. The number of para-hydroxylation sites is 2. The van der Waals surface area contributed by atoms with Crippen LogP contribution in [0, 0.1) is 0 Å². The summed E-state index contributed by atoms with van der Waals surface area (Å²) in [6.45, 7) is 2.37. The van der Waals surface area contributed by atoms with Gasteiger partial charge in [0.05, 0.1) is 11.0 Å². The van der Waals surface area contributed by atoms with Gasteiger partial charge in [0.25, 0.3) is 0 Å². The Morgan fingerprint density at radius 1 is 0.646 bits per heavy atom. The van der Waals surface area contributed by atoms with Crippen molar-refractivity contribution in [2.45, 2.75) is 50.9 Å². The summed E-state index contributed by atoms with van der Waals surface area (Å²) in [5, 5.41) is 8.56. The second-order valence-corrected chi connectivity index (χ2v) is 17.9. The first-order valence-corrected chi connectivity index (χ1v) is 23.2. The van der Waals surface area contributed by atoms with Gasteiger partial charge in [-0.2, -0.15) is 0 Å². The van der Waals surface area contributed by atoms with E-state index >= 15 is 0 Å². The van der Waals surface area contributed by atoms with E-state index in [9.17, 15) is 0 Å². The summed E-state index contributed by atoms with van der Waals surface area (Å²) in [5.41, 5.74) is 16.0. The van der Waals surface area contributed by atoms with Gasteiger partial charge in [-0.05, 0) is 162 Å². The summed E-state index contributed by atoms with van der Waals surface area (Å²) in [6.07, 6.45) is 31.7. The smallest absolute Gasteiger partial charge is 0.0542 e. The lowest BCUT2D eigenvalue weighted by Crippen LogP contribution is -2.24. The Bertz CT molecular complexity index is 3290. The quantitative estimate of drug-likeness (QED) is 0.156. The van der Waals surface area contributed by atoms with Crippen LogP contribution in [0.4, 0.5) is 17.1 Å². The molecule has 0 saturated carbocycles. The van der Waals surface area contributed by atoms with Crippen LogP contribution < -0.4 is 10.2 Å². The van der Waals surface area contributed by atoms with Crippen molar-refractivity contribution in [3.63, 3.8) is 0 Å². The van der Waals surface area contributed by atoms with Crippen LogP contribution in [-0.2, 0) is 11.8 Å². The summed E-state index contributed by atoms with van der Waals surface area (Å²) < 4.78 is 2.35. The molecular weight excluding hydrogens is 787 g/mol. The van der Waals surface area contributed by atoms with Crippen molar-refractivity contribution in [3.8, 4) is 5.69 Å². The number of aromatic nitrogens is 1. The molecule has 0 aliphatic heterocycles. The largest absolute Gasteiger partial charge is 0.362 e. The predicted molar refractivity (Wildman–Crippen MR) is 278 cm³/mol. The fourth-order valence-corrected chi connectivity index (χ4v) is 9.98. The topological polar surface area (TPSA) is 20.2 Å². The van der Waals surface area contributed by atoms with Gasteiger partial charge in [0.1, 0.15) is 0 Å². The molecule has 316 valence electrons. The molecule has 1 N–H and O–H groups in total. The number of benzene rings is 7. The van der Waals surface area contributed by atoms with Gasteiger partial charge in [0, 0.05) is 50.8 Å². The van der Waals surface area contributed by atoms with E-state index in [2.05, 4.69) is 246 Å². The minimum atomic E-state index is -0.114. The van der Waals surface area contributed by atoms with Crippen molar-refractivity contribution >= 4 is 61.8 Å². The maximum Gasteiger partial charge on any atom is 0.0542 e. The van der Waals surface area contributed by atoms with Gasteiger partial charge < -0.3 is 14.8 Å². The van der Waals surface area contributed by atoms with Gasteiger partial charge in [-0.1, -0.05) is 147 Å². The Morgan fingerprint density at radius 3 is 2.31 bits per heavy atom. The van der Waals surface area contributed by atoms with Crippen LogP contribution in [0.25, 0.3) is 50.4 Å². The third-order valence-electron chi connectivity index (χ3n) is 13.6. The van der Waals surface area contributed by atoms with Crippen LogP contribution in [0.3, 0.4) is 0 Å². The number of fused-ring (bicyclic) bond motifs is 5. The number of rotatable bonds is 9. The second-order valence-electron chi connectivity index (χ2n) is 17.9.